The van der Waals surface area contributed by atoms with Gasteiger partial charge in [0.15, 0.2) is 6.23 Å². The van der Waals surface area contributed by atoms with Crippen LogP contribution in [0.25, 0.3) is 0 Å². The fourth-order valence-corrected chi connectivity index (χ4v) is 8.37. The molecule has 5 aliphatic heterocycles. The number of aliphatic carboxylic acids is 2. The fraction of sp³-hybridized carbons (Fsp3) is 0.652. The lowest BCUT2D eigenvalue weighted by molar-refractivity contribution is -0.158. The van der Waals surface area contributed by atoms with Gasteiger partial charge in [0, 0.05) is 91.0 Å². The molecular weight excluding hydrogens is 1050 g/mol. The predicted molar refractivity (Wildman–Crippen MR) is 253 cm³/mol. The van der Waals surface area contributed by atoms with Gasteiger partial charge in [0.25, 0.3) is 32.4 Å². The Balaban J connectivity index is 0.000000370. The molecule has 0 radical (unpaired) electrons. The lowest BCUT2D eigenvalue weighted by atomic mass is 10.1. The quantitative estimate of drug-likeness (QED) is 0.0185. The van der Waals surface area contributed by atoms with E-state index in [0.29, 0.717) is 104 Å². The van der Waals surface area contributed by atoms with Crippen LogP contribution in [0.15, 0.2) is 12.2 Å². The van der Waals surface area contributed by atoms with Crippen molar-refractivity contribution in [1.29, 1.82) is 0 Å². The maximum atomic E-state index is 12.0. The predicted octanol–water partition coefficient (Wildman–Crippen LogP) is -4.81. The standard InChI is InChI=1S/C16H26N2O8.C12H18N2O8.C12H14N2O6.C6H8O4/c1-23-15(21)9-13(10-26-12-20)17-4-6-18(7-5-17)14(16(22)24-2)3-8-25-11-19;15-7-21-6-9(12(19)20)13-1-3-14(4-2-13)10(22-8-16)5-11(17)18;15-9-5-7(11(17)19-9)13-1-2-14(4-3-13)8-6-10(16)20-12(8)18;1-9-6(8)3-2-4-10-5-7/h11-14H,3-10H2,1-2H3;7-10H,1-6H2,(H,17,18)(H,19,20);7-8H,1-6H2;2-3,5H,4H2,1H3/b;;;3-2+. The second kappa shape index (κ2) is 37.3. The summed E-state index contributed by atoms with van der Waals surface area (Å²) in [6.07, 6.45) is 1.96. The Labute approximate surface area is 446 Å². The van der Waals surface area contributed by atoms with E-state index in [4.69, 9.17) is 24.4 Å². The van der Waals surface area contributed by atoms with E-state index in [9.17, 15) is 67.1 Å². The minimum absolute atomic E-state index is 0.0861. The molecule has 0 aromatic carbocycles. The molecule has 5 saturated heterocycles. The van der Waals surface area contributed by atoms with E-state index in [2.05, 4.69) is 33.2 Å². The van der Waals surface area contributed by atoms with Crippen LogP contribution in [0.4, 0.5) is 0 Å². The van der Waals surface area contributed by atoms with Crippen LogP contribution in [0, 0.1) is 0 Å². The van der Waals surface area contributed by atoms with Gasteiger partial charge >= 0.3 is 53.7 Å². The molecule has 436 valence electrons. The van der Waals surface area contributed by atoms with E-state index < -0.39 is 72.2 Å². The van der Waals surface area contributed by atoms with E-state index in [1.54, 1.807) is 9.80 Å². The molecule has 0 aromatic rings. The maximum absolute atomic E-state index is 12.0. The molecule has 0 saturated carbocycles. The number of carbonyl (C=O) groups excluding carboxylic acids is 12. The Morgan fingerprint density at radius 2 is 1.06 bits per heavy atom. The zero-order valence-electron chi connectivity index (χ0n) is 43.2. The molecule has 5 fully saturated rings. The second-order valence-corrected chi connectivity index (χ2v) is 16.8. The lowest BCUT2D eigenvalue weighted by Gasteiger charge is -2.40. The average Bonchev–Trinajstić information content (AvgIpc) is 3.98. The van der Waals surface area contributed by atoms with Crippen molar-refractivity contribution in [2.24, 2.45) is 0 Å². The summed E-state index contributed by atoms with van der Waals surface area (Å²) in [5.74, 6) is -5.43. The Hall–Kier alpha value is -7.52. The van der Waals surface area contributed by atoms with Crippen LogP contribution in [0.2, 0.25) is 0 Å². The topological polar surface area (TPSA) is 391 Å². The normalized spacial score (nSPS) is 20.8. The van der Waals surface area contributed by atoms with E-state index in [-0.39, 0.29) is 83.0 Å². The zero-order chi connectivity index (χ0) is 58.0. The molecule has 32 nitrogen and oxygen atoms in total. The molecule has 5 heterocycles. The van der Waals surface area contributed by atoms with Gasteiger partial charge in [-0.1, -0.05) is 0 Å². The van der Waals surface area contributed by atoms with Crippen molar-refractivity contribution in [1.82, 2.24) is 29.4 Å². The van der Waals surface area contributed by atoms with Crippen molar-refractivity contribution in [3.05, 3.63) is 12.2 Å². The summed E-state index contributed by atoms with van der Waals surface area (Å²) in [6.45, 7) is 7.17. The number of rotatable bonds is 28. The summed E-state index contributed by atoms with van der Waals surface area (Å²) >= 11 is 0. The van der Waals surface area contributed by atoms with E-state index in [1.807, 2.05) is 19.6 Å². The number of carboxylic acid groups (broad SMARTS) is 2. The van der Waals surface area contributed by atoms with Crippen molar-refractivity contribution in [3.8, 4) is 0 Å². The molecule has 5 rings (SSSR count). The number of hydrogen-bond donors (Lipinski definition) is 2. The molecule has 0 aromatic heterocycles. The minimum atomic E-state index is -1.11. The van der Waals surface area contributed by atoms with Gasteiger partial charge < -0.3 is 57.6 Å². The monoisotopic (exact) mass is 1120 g/mol. The highest BCUT2D eigenvalue weighted by Crippen LogP contribution is 2.22. The molecule has 5 aliphatic rings. The molecule has 0 spiro atoms. The van der Waals surface area contributed by atoms with Crippen molar-refractivity contribution < 1.29 is 125 Å². The van der Waals surface area contributed by atoms with Gasteiger partial charge in [-0.15, -0.1) is 0 Å². The first-order chi connectivity index (χ1) is 37.4. The SMILES string of the molecule is COC(=O)/C=C/COC=O.COC(=O)CC(COC=O)N1CCN(C(CCOC=O)C(=O)OC)CC1.O=C1CC(N2CCN(C3CC(=O)OC3=O)CC2)C(=O)O1.O=COCC(C(=O)O)N1CCN(C(CC(=O)O)OC=O)CC1. The molecule has 32 heteroatoms. The fourth-order valence-electron chi connectivity index (χ4n) is 8.37. The third-order valence-corrected chi connectivity index (χ3v) is 12.3. The van der Waals surface area contributed by atoms with Crippen molar-refractivity contribution in [2.75, 3.05) is 126 Å². The molecular formula is C46H66N6O26. The third-order valence-electron chi connectivity index (χ3n) is 12.3. The van der Waals surface area contributed by atoms with Gasteiger partial charge in [-0.2, -0.15) is 0 Å². The summed E-state index contributed by atoms with van der Waals surface area (Å²) in [6, 6.07) is -2.78. The summed E-state index contributed by atoms with van der Waals surface area (Å²) < 4.78 is 45.9. The van der Waals surface area contributed by atoms with Crippen LogP contribution < -0.4 is 0 Å². The van der Waals surface area contributed by atoms with E-state index in [0.717, 1.165) is 0 Å². The van der Waals surface area contributed by atoms with Crippen molar-refractivity contribution in [3.63, 3.8) is 0 Å². The van der Waals surface area contributed by atoms with Gasteiger partial charge in [0.2, 0.25) is 0 Å². The zero-order valence-corrected chi connectivity index (χ0v) is 43.2. The maximum Gasteiger partial charge on any atom is 0.331 e. The number of cyclic esters (lactones) is 4. The van der Waals surface area contributed by atoms with E-state index in [1.165, 1.54) is 33.5 Å². The Morgan fingerprint density at radius 3 is 1.49 bits per heavy atom. The van der Waals surface area contributed by atoms with Crippen LogP contribution >= 0.6 is 0 Å². The molecule has 78 heavy (non-hydrogen) atoms. The molecule has 2 N–H and O–H groups in total. The Morgan fingerprint density at radius 1 is 0.577 bits per heavy atom. The number of carboxylic acids is 2. The molecule has 0 aliphatic carbocycles. The van der Waals surface area contributed by atoms with Crippen LogP contribution in [-0.2, 0) is 114 Å². The van der Waals surface area contributed by atoms with Crippen LogP contribution in [0.3, 0.4) is 0 Å². The summed E-state index contributed by atoms with van der Waals surface area (Å²) in [5, 5.41) is 17.9. The second-order valence-electron chi connectivity index (χ2n) is 16.8. The van der Waals surface area contributed by atoms with Crippen molar-refractivity contribution in [2.45, 2.75) is 68.5 Å². The Kier molecular flexibility index (Phi) is 31.8. The molecule has 0 amide bonds. The molecule has 0 bridgehead atoms. The van der Waals surface area contributed by atoms with E-state index >= 15 is 0 Å². The van der Waals surface area contributed by atoms with Crippen LogP contribution in [-0.4, -0.2) is 288 Å². The number of hydrogen-bond acceptors (Lipinski definition) is 30. The Bertz CT molecular complexity index is 1990. The first kappa shape index (κ1) is 66.6. The summed E-state index contributed by atoms with van der Waals surface area (Å²) in [7, 11) is 3.89. The number of nitrogens with zero attached hydrogens (tertiary/aromatic N) is 6. The number of esters is 7. The molecule has 6 unspecified atom stereocenters. The first-order valence-electron chi connectivity index (χ1n) is 24.0. The van der Waals surface area contributed by atoms with Gasteiger partial charge in [-0.05, 0) is 6.08 Å². The number of ether oxygens (including phenoxy) is 10. The summed E-state index contributed by atoms with van der Waals surface area (Å²) in [5.41, 5.74) is 0. The van der Waals surface area contributed by atoms with Gasteiger partial charge in [-0.3, -0.25) is 82.1 Å². The van der Waals surface area contributed by atoms with Crippen molar-refractivity contribution >= 4 is 86.1 Å². The number of piperazine rings is 3. The molecule has 6 atom stereocenters. The highest BCUT2D eigenvalue weighted by Gasteiger charge is 2.43. The van der Waals surface area contributed by atoms with Gasteiger partial charge in [0.05, 0.1) is 59.7 Å². The third kappa shape index (κ3) is 23.8. The highest BCUT2D eigenvalue weighted by molar-refractivity contribution is 5.97. The lowest BCUT2D eigenvalue weighted by Crippen LogP contribution is -2.56. The average molecular weight is 1120 g/mol. The van der Waals surface area contributed by atoms with Gasteiger partial charge in [0.1, 0.15) is 44.0 Å². The van der Waals surface area contributed by atoms with Crippen LogP contribution in [0.5, 0.6) is 0 Å². The van der Waals surface area contributed by atoms with Gasteiger partial charge in [-0.25, -0.2) is 14.4 Å². The van der Waals surface area contributed by atoms with Crippen LogP contribution in [0.1, 0.15) is 32.1 Å². The number of carbonyl (C=O) groups is 14. The highest BCUT2D eigenvalue weighted by atomic mass is 16.6. The largest absolute Gasteiger partial charge is 0.481 e. The number of methoxy groups -OCH3 is 3. The summed E-state index contributed by atoms with van der Waals surface area (Å²) in [4.78, 5) is 163. The first-order valence-corrected chi connectivity index (χ1v) is 24.0. The minimum Gasteiger partial charge on any atom is -0.481 e. The smallest absolute Gasteiger partial charge is 0.331 e.